The SMILES string of the molecule is Cc1cc2ncn(-c3cncc(C=O)c3)c2cc1C. The molecule has 0 radical (unpaired) electrons. The summed E-state index contributed by atoms with van der Waals surface area (Å²) in [5, 5.41) is 0. The van der Waals surface area contributed by atoms with E-state index in [1.807, 2.05) is 4.57 Å². The standard InChI is InChI=1S/C15H13N3O/c1-10-3-14-15(4-11(10)2)18(9-17-14)13-5-12(8-19)6-16-7-13/h3-9H,1-2H3. The van der Waals surface area contributed by atoms with Crippen LogP contribution in [0.3, 0.4) is 0 Å². The quantitative estimate of drug-likeness (QED) is 0.658. The van der Waals surface area contributed by atoms with Crippen molar-refractivity contribution in [1.29, 1.82) is 0 Å². The molecule has 4 nitrogen and oxygen atoms in total. The van der Waals surface area contributed by atoms with E-state index in [1.165, 1.54) is 11.1 Å². The Morgan fingerprint density at radius 3 is 2.68 bits per heavy atom. The number of aromatic nitrogens is 3. The predicted octanol–water partition coefficient (Wildman–Crippen LogP) is 2.85. The largest absolute Gasteiger partial charge is 0.298 e. The van der Waals surface area contributed by atoms with Gasteiger partial charge in [-0.3, -0.25) is 14.3 Å². The molecule has 0 saturated heterocycles. The van der Waals surface area contributed by atoms with E-state index in [0.717, 1.165) is 23.0 Å². The summed E-state index contributed by atoms with van der Waals surface area (Å²) in [5.74, 6) is 0. The molecule has 0 spiro atoms. The molecule has 2 aromatic heterocycles. The van der Waals surface area contributed by atoms with Gasteiger partial charge in [-0.15, -0.1) is 0 Å². The summed E-state index contributed by atoms with van der Waals surface area (Å²) < 4.78 is 1.95. The van der Waals surface area contributed by atoms with E-state index in [1.54, 1.807) is 24.8 Å². The Bertz CT molecular complexity index is 774. The molecule has 0 aliphatic heterocycles. The Labute approximate surface area is 110 Å². The molecule has 0 aliphatic carbocycles. The summed E-state index contributed by atoms with van der Waals surface area (Å²) in [7, 11) is 0. The van der Waals surface area contributed by atoms with E-state index >= 15 is 0 Å². The van der Waals surface area contributed by atoms with Crippen molar-refractivity contribution in [2.45, 2.75) is 13.8 Å². The minimum Gasteiger partial charge on any atom is -0.298 e. The van der Waals surface area contributed by atoms with Gasteiger partial charge in [-0.05, 0) is 43.2 Å². The van der Waals surface area contributed by atoms with Gasteiger partial charge in [0.25, 0.3) is 0 Å². The van der Waals surface area contributed by atoms with Crippen LogP contribution in [-0.2, 0) is 0 Å². The summed E-state index contributed by atoms with van der Waals surface area (Å²) >= 11 is 0. The molecule has 1 aromatic carbocycles. The van der Waals surface area contributed by atoms with E-state index < -0.39 is 0 Å². The smallest absolute Gasteiger partial charge is 0.151 e. The number of nitrogens with zero attached hydrogens (tertiary/aromatic N) is 3. The molecular weight excluding hydrogens is 238 g/mol. The molecule has 0 atom stereocenters. The number of aryl methyl sites for hydroxylation is 2. The van der Waals surface area contributed by atoms with Crippen molar-refractivity contribution in [2.24, 2.45) is 0 Å². The first-order valence-corrected chi connectivity index (χ1v) is 6.04. The topological polar surface area (TPSA) is 47.8 Å². The summed E-state index contributed by atoms with van der Waals surface area (Å²) in [4.78, 5) is 19.3. The second kappa shape index (κ2) is 4.31. The number of carbonyl (C=O) groups excluding carboxylic acids is 1. The second-order valence-corrected chi connectivity index (χ2v) is 4.63. The molecule has 0 amide bonds. The van der Waals surface area contributed by atoms with Gasteiger partial charge in [-0.1, -0.05) is 0 Å². The highest BCUT2D eigenvalue weighted by Crippen LogP contribution is 2.21. The number of imidazole rings is 1. The number of fused-ring (bicyclic) bond motifs is 1. The summed E-state index contributed by atoms with van der Waals surface area (Å²) in [6, 6.07) is 5.97. The van der Waals surface area contributed by atoms with Crippen LogP contribution in [0.25, 0.3) is 16.7 Å². The molecule has 0 unspecified atom stereocenters. The summed E-state index contributed by atoms with van der Waals surface area (Å²) in [5.41, 5.74) is 5.80. The third kappa shape index (κ3) is 1.91. The van der Waals surface area contributed by atoms with Crippen molar-refractivity contribution >= 4 is 17.3 Å². The third-order valence-electron chi connectivity index (χ3n) is 3.32. The summed E-state index contributed by atoms with van der Waals surface area (Å²) in [6.45, 7) is 4.15. The monoisotopic (exact) mass is 251 g/mol. The molecule has 0 bridgehead atoms. The summed E-state index contributed by atoms with van der Waals surface area (Å²) in [6.07, 6.45) is 5.83. The molecule has 2 heterocycles. The number of benzene rings is 1. The lowest BCUT2D eigenvalue weighted by atomic mass is 10.1. The molecule has 0 saturated carbocycles. The van der Waals surface area contributed by atoms with Gasteiger partial charge in [0.15, 0.2) is 6.29 Å². The fourth-order valence-corrected chi connectivity index (χ4v) is 2.11. The van der Waals surface area contributed by atoms with Crippen molar-refractivity contribution in [3.05, 3.63) is 53.6 Å². The van der Waals surface area contributed by atoms with Gasteiger partial charge in [0, 0.05) is 11.8 Å². The van der Waals surface area contributed by atoms with Crippen LogP contribution in [0, 0.1) is 13.8 Å². The molecular formula is C15H13N3O. The van der Waals surface area contributed by atoms with Crippen LogP contribution in [0.2, 0.25) is 0 Å². The molecule has 0 aliphatic rings. The zero-order chi connectivity index (χ0) is 13.4. The van der Waals surface area contributed by atoms with Crippen molar-refractivity contribution < 1.29 is 4.79 Å². The molecule has 94 valence electrons. The number of hydrogen-bond donors (Lipinski definition) is 0. The van der Waals surface area contributed by atoms with E-state index in [4.69, 9.17) is 0 Å². The van der Waals surface area contributed by atoms with Gasteiger partial charge >= 0.3 is 0 Å². The van der Waals surface area contributed by atoms with Crippen molar-refractivity contribution in [2.75, 3.05) is 0 Å². The zero-order valence-corrected chi connectivity index (χ0v) is 10.8. The Kier molecular flexibility index (Phi) is 2.63. The first-order valence-electron chi connectivity index (χ1n) is 6.04. The fourth-order valence-electron chi connectivity index (χ4n) is 2.11. The number of carbonyl (C=O) groups is 1. The van der Waals surface area contributed by atoms with Crippen molar-refractivity contribution in [1.82, 2.24) is 14.5 Å². The lowest BCUT2D eigenvalue weighted by Gasteiger charge is -2.06. The van der Waals surface area contributed by atoms with Gasteiger partial charge in [0.1, 0.15) is 6.33 Å². The maximum atomic E-state index is 10.8. The molecule has 19 heavy (non-hydrogen) atoms. The van der Waals surface area contributed by atoms with Crippen LogP contribution in [-0.4, -0.2) is 20.8 Å². The Morgan fingerprint density at radius 2 is 1.89 bits per heavy atom. The minimum atomic E-state index is 0.559. The van der Waals surface area contributed by atoms with Crippen molar-refractivity contribution in [3.63, 3.8) is 0 Å². The van der Waals surface area contributed by atoms with Crippen LogP contribution in [0.5, 0.6) is 0 Å². The van der Waals surface area contributed by atoms with E-state index in [2.05, 4.69) is 35.9 Å². The zero-order valence-electron chi connectivity index (χ0n) is 10.8. The van der Waals surface area contributed by atoms with Crippen LogP contribution < -0.4 is 0 Å². The first-order chi connectivity index (χ1) is 9.19. The fraction of sp³-hybridized carbons (Fsp3) is 0.133. The third-order valence-corrected chi connectivity index (χ3v) is 3.32. The number of pyridine rings is 1. The average Bonchev–Trinajstić information content (AvgIpc) is 2.82. The minimum absolute atomic E-state index is 0.559. The Hall–Kier alpha value is -2.49. The maximum Gasteiger partial charge on any atom is 0.151 e. The Balaban J connectivity index is 2.24. The lowest BCUT2D eigenvalue weighted by molar-refractivity contribution is 0.112. The van der Waals surface area contributed by atoms with Gasteiger partial charge in [0.2, 0.25) is 0 Å². The second-order valence-electron chi connectivity index (χ2n) is 4.63. The first kappa shape index (κ1) is 11.6. The normalized spacial score (nSPS) is 10.8. The van der Waals surface area contributed by atoms with Gasteiger partial charge in [-0.2, -0.15) is 0 Å². The lowest BCUT2D eigenvalue weighted by Crippen LogP contribution is -1.95. The molecule has 0 N–H and O–H groups in total. The number of rotatable bonds is 2. The average molecular weight is 251 g/mol. The van der Waals surface area contributed by atoms with Crippen LogP contribution in [0.15, 0.2) is 36.9 Å². The van der Waals surface area contributed by atoms with Gasteiger partial charge in [-0.25, -0.2) is 4.98 Å². The number of aldehydes is 1. The van der Waals surface area contributed by atoms with Crippen molar-refractivity contribution in [3.8, 4) is 5.69 Å². The molecule has 0 fully saturated rings. The molecule has 3 rings (SSSR count). The highest BCUT2D eigenvalue weighted by atomic mass is 16.1. The highest BCUT2D eigenvalue weighted by Gasteiger charge is 2.07. The van der Waals surface area contributed by atoms with Gasteiger partial charge < -0.3 is 0 Å². The highest BCUT2D eigenvalue weighted by molar-refractivity contribution is 5.80. The molecule has 4 heteroatoms. The van der Waals surface area contributed by atoms with Gasteiger partial charge in [0.05, 0.1) is 22.9 Å². The predicted molar refractivity (Wildman–Crippen MR) is 73.7 cm³/mol. The van der Waals surface area contributed by atoms with Crippen LogP contribution in [0.4, 0.5) is 0 Å². The molecule has 3 aromatic rings. The van der Waals surface area contributed by atoms with Crippen LogP contribution >= 0.6 is 0 Å². The van der Waals surface area contributed by atoms with E-state index in [9.17, 15) is 4.79 Å². The van der Waals surface area contributed by atoms with Crippen LogP contribution in [0.1, 0.15) is 21.5 Å². The number of hydrogen-bond acceptors (Lipinski definition) is 3. The maximum absolute atomic E-state index is 10.8. The van der Waals surface area contributed by atoms with E-state index in [-0.39, 0.29) is 0 Å². The van der Waals surface area contributed by atoms with E-state index in [0.29, 0.717) is 5.56 Å². The Morgan fingerprint density at radius 1 is 1.11 bits per heavy atom.